The van der Waals surface area contributed by atoms with E-state index in [1.54, 1.807) is 12.2 Å². The van der Waals surface area contributed by atoms with Crippen LogP contribution in [0, 0.1) is 0 Å². The van der Waals surface area contributed by atoms with Crippen molar-refractivity contribution in [1.29, 1.82) is 0 Å². The van der Waals surface area contributed by atoms with Crippen molar-refractivity contribution in [1.82, 2.24) is 0 Å². The average Bonchev–Trinajstić information content (AvgIpc) is 2.82. The monoisotopic (exact) mass is 348 g/mol. The maximum absolute atomic E-state index is 12.2. The van der Waals surface area contributed by atoms with E-state index in [9.17, 15) is 9.59 Å². The van der Waals surface area contributed by atoms with Gasteiger partial charge >= 0.3 is 5.97 Å². The lowest BCUT2D eigenvalue weighted by molar-refractivity contribution is -0.764. The zero-order valence-electron chi connectivity index (χ0n) is 15.2. The van der Waals surface area contributed by atoms with Crippen molar-refractivity contribution in [2.45, 2.75) is 19.3 Å². The Morgan fingerprint density at radius 3 is 2.62 bits per heavy atom. The quantitative estimate of drug-likeness (QED) is 0.675. The Hall–Kier alpha value is -2.98. The van der Waals surface area contributed by atoms with Crippen LogP contribution in [0.15, 0.2) is 84.3 Å². The lowest BCUT2D eigenvalue weighted by atomic mass is 9.83. The summed E-state index contributed by atoms with van der Waals surface area (Å²) in [5, 5.41) is 0. The van der Waals surface area contributed by atoms with Crippen molar-refractivity contribution < 1.29 is 19.2 Å². The van der Waals surface area contributed by atoms with Crippen LogP contribution in [0.4, 0.5) is 5.69 Å². The number of allylic oxidation sites excluding steroid dienone is 7. The number of benzene rings is 1. The fraction of sp³-hybridized carbons (Fsp3) is 0.182. The Kier molecular flexibility index (Phi) is 4.62. The minimum atomic E-state index is -0.551. The summed E-state index contributed by atoms with van der Waals surface area (Å²) in [6.07, 6.45) is 9.34. The van der Waals surface area contributed by atoms with Crippen LogP contribution in [0.3, 0.4) is 0 Å². The number of esters is 1. The second-order valence-electron chi connectivity index (χ2n) is 6.87. The number of fused-ring (bicyclic) bond motifs is 1. The highest BCUT2D eigenvalue weighted by Gasteiger charge is 2.43. The van der Waals surface area contributed by atoms with E-state index in [-0.39, 0.29) is 11.2 Å². The van der Waals surface area contributed by atoms with Gasteiger partial charge in [0.15, 0.2) is 5.78 Å². The number of hydrogen-bond acceptors (Lipinski definition) is 3. The molecule has 4 nitrogen and oxygen atoms in total. The van der Waals surface area contributed by atoms with E-state index in [1.165, 1.54) is 34.0 Å². The van der Waals surface area contributed by atoms with Gasteiger partial charge in [0.05, 0.1) is 12.5 Å². The molecule has 0 spiro atoms. The SMILES string of the molecule is C=CC(=O)OC1=CC(=CC=C2[NH+](C)c3ccccc3C2(C)C)C(=O)C=C1. The van der Waals surface area contributed by atoms with Gasteiger partial charge in [0.2, 0.25) is 0 Å². The van der Waals surface area contributed by atoms with Gasteiger partial charge in [-0.1, -0.05) is 24.8 Å². The molecule has 1 aromatic rings. The second-order valence-corrected chi connectivity index (χ2v) is 6.87. The molecule has 0 bridgehead atoms. The fourth-order valence-corrected chi connectivity index (χ4v) is 3.50. The first-order valence-corrected chi connectivity index (χ1v) is 8.49. The van der Waals surface area contributed by atoms with Gasteiger partial charge in [0.25, 0.3) is 0 Å². The lowest BCUT2D eigenvalue weighted by Crippen LogP contribution is -3.01. The molecular formula is C22H22NO3+. The normalized spacial score (nSPS) is 23.7. The summed E-state index contributed by atoms with van der Waals surface area (Å²) >= 11 is 0. The van der Waals surface area contributed by atoms with Gasteiger partial charge < -0.3 is 4.74 Å². The molecule has 0 saturated carbocycles. The molecule has 1 aromatic carbocycles. The van der Waals surface area contributed by atoms with Gasteiger partial charge in [0, 0.05) is 17.2 Å². The van der Waals surface area contributed by atoms with E-state index in [0.717, 1.165) is 6.08 Å². The van der Waals surface area contributed by atoms with Crippen LogP contribution in [0.25, 0.3) is 0 Å². The smallest absolute Gasteiger partial charge is 0.335 e. The van der Waals surface area contributed by atoms with Crippen LogP contribution in [0.2, 0.25) is 0 Å². The van der Waals surface area contributed by atoms with Crippen molar-refractivity contribution in [3.63, 3.8) is 0 Å². The number of ketones is 1. The van der Waals surface area contributed by atoms with E-state index in [1.807, 2.05) is 18.2 Å². The van der Waals surface area contributed by atoms with Gasteiger partial charge in [-0.2, -0.15) is 0 Å². The number of quaternary nitrogens is 1. The Morgan fingerprint density at radius 1 is 1.19 bits per heavy atom. The molecule has 0 fully saturated rings. The lowest BCUT2D eigenvalue weighted by Gasteiger charge is -2.18. The Balaban J connectivity index is 1.95. The molecular weight excluding hydrogens is 326 g/mol. The van der Waals surface area contributed by atoms with Crippen molar-refractivity contribution in [3.8, 4) is 0 Å². The third kappa shape index (κ3) is 3.11. The highest BCUT2D eigenvalue weighted by atomic mass is 16.5. The molecule has 2 aliphatic rings. The summed E-state index contributed by atoms with van der Waals surface area (Å²) < 4.78 is 5.10. The number of para-hydroxylation sites is 1. The minimum Gasteiger partial charge on any atom is -0.423 e. The molecule has 1 aliphatic heterocycles. The summed E-state index contributed by atoms with van der Waals surface area (Å²) in [7, 11) is 2.10. The molecule has 132 valence electrons. The number of hydrogen-bond donors (Lipinski definition) is 1. The summed E-state index contributed by atoms with van der Waals surface area (Å²) in [6, 6.07) is 8.36. The number of carbonyl (C=O) groups is 2. The molecule has 3 rings (SSSR count). The number of likely N-dealkylation sites (N-methyl/N-ethyl adjacent to an activating group) is 1. The third-order valence-corrected chi connectivity index (χ3v) is 4.88. The van der Waals surface area contributed by atoms with Crippen molar-refractivity contribution >= 4 is 17.4 Å². The van der Waals surface area contributed by atoms with Crippen LogP contribution in [-0.4, -0.2) is 18.8 Å². The topological polar surface area (TPSA) is 47.8 Å². The standard InChI is InChI=1S/C22H21NO3/c1-5-21(25)26-16-11-12-19(24)15(14-16)10-13-20-22(2,3)17-8-6-7-9-18(17)23(20)4/h5-14H,1H2,2-4H3/p+1. The first kappa shape index (κ1) is 17.8. The maximum Gasteiger partial charge on any atom is 0.335 e. The molecule has 0 radical (unpaired) electrons. The van der Waals surface area contributed by atoms with Crippen LogP contribution >= 0.6 is 0 Å². The van der Waals surface area contributed by atoms with Gasteiger partial charge in [-0.05, 0) is 50.3 Å². The number of carbonyl (C=O) groups excluding carboxylic acids is 2. The predicted molar refractivity (Wildman–Crippen MR) is 101 cm³/mol. The molecule has 26 heavy (non-hydrogen) atoms. The average molecular weight is 348 g/mol. The van der Waals surface area contributed by atoms with Crippen molar-refractivity contribution in [2.75, 3.05) is 7.05 Å². The molecule has 1 heterocycles. The van der Waals surface area contributed by atoms with E-state index in [4.69, 9.17) is 4.74 Å². The number of ether oxygens (including phenoxy) is 1. The zero-order chi connectivity index (χ0) is 18.9. The summed E-state index contributed by atoms with van der Waals surface area (Å²) in [6.45, 7) is 7.74. The highest BCUT2D eigenvalue weighted by molar-refractivity contribution is 6.08. The second kappa shape index (κ2) is 6.73. The molecule has 1 aliphatic carbocycles. The fourth-order valence-electron chi connectivity index (χ4n) is 3.50. The van der Waals surface area contributed by atoms with Crippen LogP contribution in [0.1, 0.15) is 19.4 Å². The minimum absolute atomic E-state index is 0.119. The van der Waals surface area contributed by atoms with Gasteiger partial charge in [-0.3, -0.25) is 9.69 Å². The summed E-state index contributed by atoms with van der Waals surface area (Å²) in [5.74, 6) is -0.343. The molecule has 1 unspecified atom stereocenters. The van der Waals surface area contributed by atoms with Gasteiger partial charge in [-0.25, -0.2) is 4.79 Å². The van der Waals surface area contributed by atoms with Crippen molar-refractivity contribution in [2.24, 2.45) is 0 Å². The van der Waals surface area contributed by atoms with Gasteiger partial charge in [0.1, 0.15) is 17.1 Å². The zero-order valence-corrected chi connectivity index (χ0v) is 15.2. The maximum atomic E-state index is 12.2. The van der Waals surface area contributed by atoms with E-state index in [2.05, 4.69) is 39.6 Å². The molecule has 4 heteroatoms. The highest BCUT2D eigenvalue weighted by Crippen LogP contribution is 2.37. The van der Waals surface area contributed by atoms with Crippen molar-refractivity contribution in [3.05, 3.63) is 89.9 Å². The van der Waals surface area contributed by atoms with E-state index >= 15 is 0 Å². The molecule has 0 amide bonds. The summed E-state index contributed by atoms with van der Waals surface area (Å²) in [5.41, 5.74) is 4.05. The van der Waals surface area contributed by atoms with E-state index in [0.29, 0.717) is 11.3 Å². The van der Waals surface area contributed by atoms with Crippen LogP contribution < -0.4 is 4.90 Å². The third-order valence-electron chi connectivity index (χ3n) is 4.88. The molecule has 0 saturated heterocycles. The molecule has 1 atom stereocenters. The largest absolute Gasteiger partial charge is 0.423 e. The molecule has 1 N–H and O–H groups in total. The first-order valence-electron chi connectivity index (χ1n) is 8.49. The van der Waals surface area contributed by atoms with Gasteiger partial charge in [-0.15, -0.1) is 0 Å². The predicted octanol–water partition coefficient (Wildman–Crippen LogP) is 2.69. The molecule has 0 aromatic heterocycles. The number of nitrogens with one attached hydrogen (secondary N) is 1. The Labute approximate surface area is 153 Å². The number of rotatable bonds is 3. The van der Waals surface area contributed by atoms with E-state index < -0.39 is 5.97 Å². The Bertz CT molecular complexity index is 913. The summed E-state index contributed by atoms with van der Waals surface area (Å²) in [4.78, 5) is 24.7. The Morgan fingerprint density at radius 2 is 1.92 bits per heavy atom. The van der Waals surface area contributed by atoms with Crippen LogP contribution in [-0.2, 0) is 19.7 Å². The van der Waals surface area contributed by atoms with Crippen LogP contribution in [0.5, 0.6) is 0 Å². The first-order chi connectivity index (χ1) is 12.3.